The molecule has 0 bridgehead atoms. The Morgan fingerprint density at radius 1 is 1.00 bits per heavy atom. The van der Waals surface area contributed by atoms with Crippen molar-refractivity contribution in [3.05, 3.63) is 0 Å². The standard InChI is InChI=1S/C14H33N3O2S/c1-6-16(7-2)11-9-12-17(8-3)20(18,19)13-10-15-14(4)5/h14-15H,6-13H2,1-5H3. The van der Waals surface area contributed by atoms with Crippen LogP contribution in [0.25, 0.3) is 0 Å². The second-order valence-electron chi connectivity index (χ2n) is 5.30. The molecule has 0 rings (SSSR count). The lowest BCUT2D eigenvalue weighted by Crippen LogP contribution is -2.39. The molecule has 20 heavy (non-hydrogen) atoms. The van der Waals surface area contributed by atoms with Gasteiger partial charge < -0.3 is 10.2 Å². The van der Waals surface area contributed by atoms with Crippen LogP contribution in [0.2, 0.25) is 0 Å². The highest BCUT2D eigenvalue weighted by atomic mass is 32.2. The van der Waals surface area contributed by atoms with Crippen molar-refractivity contribution < 1.29 is 8.42 Å². The highest BCUT2D eigenvalue weighted by molar-refractivity contribution is 7.89. The molecular weight excluding hydrogens is 274 g/mol. The van der Waals surface area contributed by atoms with Gasteiger partial charge in [0.25, 0.3) is 0 Å². The summed E-state index contributed by atoms with van der Waals surface area (Å²) in [7, 11) is -3.13. The largest absolute Gasteiger partial charge is 0.313 e. The van der Waals surface area contributed by atoms with E-state index in [2.05, 4.69) is 24.1 Å². The van der Waals surface area contributed by atoms with E-state index in [4.69, 9.17) is 0 Å². The predicted octanol–water partition coefficient (Wildman–Crippen LogP) is 1.37. The van der Waals surface area contributed by atoms with Gasteiger partial charge in [0, 0.05) is 25.7 Å². The molecule has 0 aromatic rings. The Morgan fingerprint density at radius 3 is 2.05 bits per heavy atom. The van der Waals surface area contributed by atoms with Crippen molar-refractivity contribution in [2.24, 2.45) is 0 Å². The molecule has 0 aromatic carbocycles. The van der Waals surface area contributed by atoms with E-state index in [1.54, 1.807) is 4.31 Å². The lowest BCUT2D eigenvalue weighted by molar-refractivity contribution is 0.285. The van der Waals surface area contributed by atoms with Crippen LogP contribution in [0.1, 0.15) is 41.0 Å². The van der Waals surface area contributed by atoms with Gasteiger partial charge in [-0.15, -0.1) is 0 Å². The van der Waals surface area contributed by atoms with Crippen LogP contribution in [0.5, 0.6) is 0 Å². The maximum Gasteiger partial charge on any atom is 0.215 e. The average molecular weight is 308 g/mol. The molecule has 0 amide bonds. The Labute approximate surface area is 125 Å². The van der Waals surface area contributed by atoms with E-state index in [1.807, 2.05) is 20.8 Å². The van der Waals surface area contributed by atoms with E-state index in [1.165, 1.54) is 0 Å². The second-order valence-corrected chi connectivity index (χ2v) is 7.39. The second kappa shape index (κ2) is 10.5. The fourth-order valence-electron chi connectivity index (χ4n) is 2.11. The van der Waals surface area contributed by atoms with Gasteiger partial charge in [-0.05, 0) is 26.1 Å². The maximum absolute atomic E-state index is 12.2. The van der Waals surface area contributed by atoms with Gasteiger partial charge in [-0.3, -0.25) is 0 Å². The molecule has 0 heterocycles. The summed E-state index contributed by atoms with van der Waals surface area (Å²) in [5.74, 6) is 0.185. The van der Waals surface area contributed by atoms with Crippen molar-refractivity contribution >= 4 is 10.0 Å². The van der Waals surface area contributed by atoms with Crippen molar-refractivity contribution in [3.8, 4) is 0 Å². The smallest absolute Gasteiger partial charge is 0.215 e. The molecule has 1 N–H and O–H groups in total. The van der Waals surface area contributed by atoms with E-state index >= 15 is 0 Å². The number of sulfonamides is 1. The van der Waals surface area contributed by atoms with Crippen LogP contribution in [0.3, 0.4) is 0 Å². The van der Waals surface area contributed by atoms with Crippen LogP contribution in [0, 0.1) is 0 Å². The van der Waals surface area contributed by atoms with Crippen molar-refractivity contribution in [1.29, 1.82) is 0 Å². The third-order valence-electron chi connectivity index (χ3n) is 3.43. The van der Waals surface area contributed by atoms with Gasteiger partial charge in [-0.2, -0.15) is 0 Å². The normalized spacial score (nSPS) is 12.8. The third-order valence-corrected chi connectivity index (χ3v) is 5.38. The molecule has 0 fully saturated rings. The number of hydrogen-bond donors (Lipinski definition) is 1. The summed E-state index contributed by atoms with van der Waals surface area (Å²) in [6, 6.07) is 0.322. The lowest BCUT2D eigenvalue weighted by atomic mass is 10.3. The van der Waals surface area contributed by atoms with Gasteiger partial charge in [0.05, 0.1) is 5.75 Å². The van der Waals surface area contributed by atoms with Crippen LogP contribution < -0.4 is 5.32 Å². The molecule has 0 atom stereocenters. The minimum atomic E-state index is -3.13. The fraction of sp³-hybridized carbons (Fsp3) is 1.00. The Bertz CT molecular complexity index is 327. The first-order valence-corrected chi connectivity index (χ1v) is 9.41. The maximum atomic E-state index is 12.2. The van der Waals surface area contributed by atoms with Crippen LogP contribution in [0.15, 0.2) is 0 Å². The van der Waals surface area contributed by atoms with Crippen LogP contribution in [-0.4, -0.2) is 68.7 Å². The van der Waals surface area contributed by atoms with Gasteiger partial charge in [-0.1, -0.05) is 34.6 Å². The molecule has 122 valence electrons. The van der Waals surface area contributed by atoms with E-state index in [0.29, 0.717) is 25.7 Å². The van der Waals surface area contributed by atoms with E-state index in [-0.39, 0.29) is 5.75 Å². The summed E-state index contributed by atoms with van der Waals surface area (Å²) in [5, 5.41) is 3.16. The molecule has 0 aliphatic carbocycles. The zero-order chi connectivity index (χ0) is 15.6. The first-order valence-electron chi connectivity index (χ1n) is 7.80. The Kier molecular flexibility index (Phi) is 10.5. The van der Waals surface area contributed by atoms with Gasteiger partial charge in [0.2, 0.25) is 10.0 Å². The number of rotatable bonds is 12. The Balaban J connectivity index is 4.22. The molecule has 0 saturated carbocycles. The third kappa shape index (κ3) is 8.19. The van der Waals surface area contributed by atoms with Crippen molar-refractivity contribution in [2.75, 3.05) is 45.0 Å². The summed E-state index contributed by atoms with van der Waals surface area (Å²) in [6.07, 6.45) is 0.895. The van der Waals surface area contributed by atoms with Crippen molar-refractivity contribution in [2.45, 2.75) is 47.1 Å². The SMILES string of the molecule is CCN(CC)CCCN(CC)S(=O)(=O)CCNC(C)C. The molecule has 5 nitrogen and oxygen atoms in total. The van der Waals surface area contributed by atoms with Gasteiger partial charge in [0.1, 0.15) is 0 Å². The van der Waals surface area contributed by atoms with E-state index in [9.17, 15) is 8.42 Å². The molecule has 0 aliphatic heterocycles. The molecule has 0 unspecified atom stereocenters. The minimum absolute atomic E-state index is 0.185. The highest BCUT2D eigenvalue weighted by Gasteiger charge is 2.19. The van der Waals surface area contributed by atoms with Gasteiger partial charge >= 0.3 is 0 Å². The first kappa shape index (κ1) is 19.8. The first-order chi connectivity index (χ1) is 9.37. The molecule has 0 radical (unpaired) electrons. The van der Waals surface area contributed by atoms with Crippen molar-refractivity contribution in [3.63, 3.8) is 0 Å². The zero-order valence-corrected chi connectivity index (χ0v) is 14.7. The monoisotopic (exact) mass is 307 g/mol. The summed E-state index contributed by atoms with van der Waals surface area (Å²) in [4.78, 5) is 2.32. The van der Waals surface area contributed by atoms with Crippen molar-refractivity contribution in [1.82, 2.24) is 14.5 Å². The van der Waals surface area contributed by atoms with Crippen LogP contribution in [-0.2, 0) is 10.0 Å². The molecule has 0 aliphatic rings. The number of nitrogens with zero attached hydrogens (tertiary/aromatic N) is 2. The summed E-state index contributed by atoms with van der Waals surface area (Å²) >= 11 is 0. The van der Waals surface area contributed by atoms with Crippen LogP contribution in [0.4, 0.5) is 0 Å². The van der Waals surface area contributed by atoms with Gasteiger partial charge in [-0.25, -0.2) is 12.7 Å². The minimum Gasteiger partial charge on any atom is -0.313 e. The molecule has 0 saturated heterocycles. The lowest BCUT2D eigenvalue weighted by Gasteiger charge is -2.23. The Morgan fingerprint density at radius 2 is 1.60 bits per heavy atom. The summed E-state index contributed by atoms with van der Waals surface area (Å²) < 4.78 is 26.1. The Hall–Kier alpha value is -0.170. The number of nitrogens with one attached hydrogen (secondary N) is 1. The number of hydrogen-bond acceptors (Lipinski definition) is 4. The molecular formula is C14H33N3O2S. The quantitative estimate of drug-likeness (QED) is 0.592. The molecule has 0 spiro atoms. The zero-order valence-electron chi connectivity index (χ0n) is 13.9. The fourth-order valence-corrected chi connectivity index (χ4v) is 3.54. The van der Waals surface area contributed by atoms with E-state index in [0.717, 1.165) is 26.1 Å². The molecule has 0 aromatic heterocycles. The van der Waals surface area contributed by atoms with Gasteiger partial charge in [0.15, 0.2) is 0 Å². The summed E-state index contributed by atoms with van der Waals surface area (Å²) in [5.41, 5.74) is 0. The highest BCUT2D eigenvalue weighted by Crippen LogP contribution is 2.03. The average Bonchev–Trinajstić information content (AvgIpc) is 2.38. The van der Waals surface area contributed by atoms with E-state index < -0.39 is 10.0 Å². The predicted molar refractivity (Wildman–Crippen MR) is 86.6 cm³/mol. The topological polar surface area (TPSA) is 52.7 Å². The molecule has 6 heteroatoms. The summed E-state index contributed by atoms with van der Waals surface area (Å²) in [6.45, 7) is 14.9. The van der Waals surface area contributed by atoms with Crippen LogP contribution >= 0.6 is 0 Å².